The first kappa shape index (κ1) is 17.3. The number of aryl methyl sites for hydroxylation is 1. The van der Waals surface area contributed by atoms with Crippen LogP contribution >= 0.6 is 0 Å². The van der Waals surface area contributed by atoms with Gasteiger partial charge in [-0.2, -0.15) is 5.10 Å². The highest BCUT2D eigenvalue weighted by molar-refractivity contribution is 6.04. The van der Waals surface area contributed by atoms with Gasteiger partial charge in [-0.3, -0.25) is 9.59 Å². The Kier molecular flexibility index (Phi) is 4.55. The van der Waals surface area contributed by atoms with E-state index in [1.54, 1.807) is 6.07 Å². The second-order valence-electron chi connectivity index (χ2n) is 8.02. The van der Waals surface area contributed by atoms with Crippen molar-refractivity contribution in [3.8, 4) is 0 Å². The van der Waals surface area contributed by atoms with Crippen LogP contribution in [0.1, 0.15) is 56.4 Å². The molecule has 2 aromatic rings. The average Bonchev–Trinajstić information content (AvgIpc) is 3.27. The summed E-state index contributed by atoms with van der Waals surface area (Å²) in [5, 5.41) is 8.80. The van der Waals surface area contributed by atoms with Gasteiger partial charge in [-0.25, -0.2) is 4.68 Å². The third kappa shape index (κ3) is 2.93. The zero-order chi connectivity index (χ0) is 18.3. The monoisotopic (exact) mass is 353 g/mol. The van der Waals surface area contributed by atoms with Crippen LogP contribution in [0.25, 0.3) is 10.8 Å². The van der Waals surface area contributed by atoms with E-state index in [9.17, 15) is 9.59 Å². The van der Waals surface area contributed by atoms with E-state index in [-0.39, 0.29) is 17.5 Å². The first-order valence-corrected chi connectivity index (χ1v) is 9.89. The van der Waals surface area contributed by atoms with Crippen LogP contribution in [0.15, 0.2) is 29.1 Å². The van der Waals surface area contributed by atoms with Gasteiger partial charge in [-0.15, -0.1) is 0 Å². The fourth-order valence-corrected chi connectivity index (χ4v) is 5.05. The molecule has 5 nitrogen and oxygen atoms in total. The summed E-state index contributed by atoms with van der Waals surface area (Å²) in [5.74, 6) is 2.02. The third-order valence-corrected chi connectivity index (χ3v) is 6.31. The van der Waals surface area contributed by atoms with Gasteiger partial charge in [0.1, 0.15) is 0 Å². The van der Waals surface area contributed by atoms with Crippen molar-refractivity contribution in [3.63, 3.8) is 0 Å². The fraction of sp³-hybridized carbons (Fsp3) is 0.571. The number of nitrogens with zero attached hydrogens (tertiary/aromatic N) is 2. The Morgan fingerprint density at radius 3 is 2.69 bits per heavy atom. The summed E-state index contributed by atoms with van der Waals surface area (Å²) in [7, 11) is 0. The number of hydrogen-bond acceptors (Lipinski definition) is 3. The average molecular weight is 353 g/mol. The van der Waals surface area contributed by atoms with Crippen LogP contribution in [-0.2, 0) is 6.54 Å². The number of fused-ring (bicyclic) bond motifs is 3. The van der Waals surface area contributed by atoms with E-state index in [0.29, 0.717) is 28.9 Å². The molecule has 1 aromatic heterocycles. The lowest BCUT2D eigenvalue weighted by Gasteiger charge is -2.28. The van der Waals surface area contributed by atoms with Crippen molar-refractivity contribution in [2.45, 2.75) is 58.5 Å². The molecule has 0 unspecified atom stereocenters. The van der Waals surface area contributed by atoms with Crippen LogP contribution < -0.4 is 10.9 Å². The molecule has 2 bridgehead atoms. The first-order valence-electron chi connectivity index (χ1n) is 9.89. The largest absolute Gasteiger partial charge is 0.348 e. The number of benzene rings is 1. The minimum atomic E-state index is -0.165. The van der Waals surface area contributed by atoms with E-state index in [4.69, 9.17) is 0 Å². The van der Waals surface area contributed by atoms with E-state index in [2.05, 4.69) is 17.3 Å². The molecule has 1 amide bonds. The van der Waals surface area contributed by atoms with Gasteiger partial charge in [0.05, 0.1) is 5.39 Å². The van der Waals surface area contributed by atoms with Gasteiger partial charge in [0.2, 0.25) is 0 Å². The van der Waals surface area contributed by atoms with E-state index in [1.165, 1.54) is 30.4 Å². The molecule has 4 rings (SSSR count). The van der Waals surface area contributed by atoms with E-state index in [0.717, 1.165) is 18.3 Å². The molecule has 26 heavy (non-hydrogen) atoms. The van der Waals surface area contributed by atoms with Gasteiger partial charge in [-0.05, 0) is 56.4 Å². The van der Waals surface area contributed by atoms with Crippen LogP contribution in [0.4, 0.5) is 0 Å². The Morgan fingerprint density at radius 2 is 2.04 bits per heavy atom. The predicted octanol–water partition coefficient (Wildman–Crippen LogP) is 3.36. The molecule has 2 aliphatic rings. The first-order chi connectivity index (χ1) is 12.6. The molecule has 0 spiro atoms. The molecule has 1 aromatic carbocycles. The molecule has 0 radical (unpaired) electrons. The van der Waals surface area contributed by atoms with Crippen LogP contribution in [0.2, 0.25) is 0 Å². The predicted molar refractivity (Wildman–Crippen MR) is 102 cm³/mol. The molecule has 138 valence electrons. The number of rotatable bonds is 5. The van der Waals surface area contributed by atoms with Crippen LogP contribution in [-0.4, -0.2) is 21.7 Å². The van der Waals surface area contributed by atoms with Gasteiger partial charge in [0.15, 0.2) is 5.69 Å². The highest BCUT2D eigenvalue weighted by Crippen LogP contribution is 2.49. The molecule has 1 heterocycles. The second-order valence-corrected chi connectivity index (χ2v) is 8.02. The number of carbonyl (C=O) groups is 1. The molecular weight excluding hydrogens is 326 g/mol. The highest BCUT2D eigenvalue weighted by atomic mass is 16.2. The third-order valence-electron chi connectivity index (χ3n) is 6.31. The summed E-state index contributed by atoms with van der Waals surface area (Å²) >= 11 is 0. The molecule has 2 saturated carbocycles. The standard InChI is InChI=1S/C21H27N3O2/c1-3-10-24-21(26)17-7-5-4-6-16(17)19(23-24)20(25)22-13(2)18-12-14-8-9-15(18)11-14/h4-7,13-15,18H,3,8-12H2,1-2H3,(H,22,25)/t13-,14-,15-,18+/m0/s1. The maximum absolute atomic E-state index is 13.0. The smallest absolute Gasteiger partial charge is 0.274 e. The molecule has 4 atom stereocenters. The topological polar surface area (TPSA) is 64.0 Å². The Hall–Kier alpha value is -2.17. The SMILES string of the molecule is CCCn1nc(C(=O)N[C@@H](C)[C@H]2C[C@H]3CC[C@H]2C3)c2ccccc2c1=O. The summed E-state index contributed by atoms with van der Waals surface area (Å²) < 4.78 is 1.43. The Bertz CT molecular complexity index is 888. The van der Waals surface area contributed by atoms with E-state index >= 15 is 0 Å². The van der Waals surface area contributed by atoms with Gasteiger partial charge in [0, 0.05) is 18.0 Å². The Labute approximate surface area is 153 Å². The Balaban J connectivity index is 1.63. The van der Waals surface area contributed by atoms with Crippen molar-refractivity contribution in [1.29, 1.82) is 0 Å². The minimum Gasteiger partial charge on any atom is -0.348 e. The zero-order valence-corrected chi connectivity index (χ0v) is 15.6. The van der Waals surface area contributed by atoms with E-state index < -0.39 is 0 Å². The number of carbonyl (C=O) groups excluding carboxylic acids is 1. The highest BCUT2D eigenvalue weighted by Gasteiger charge is 2.42. The van der Waals surface area contributed by atoms with E-state index in [1.807, 2.05) is 25.1 Å². The van der Waals surface area contributed by atoms with Crippen molar-refractivity contribution in [2.24, 2.45) is 17.8 Å². The van der Waals surface area contributed by atoms with Gasteiger partial charge in [-0.1, -0.05) is 31.5 Å². The number of aromatic nitrogens is 2. The van der Waals surface area contributed by atoms with Crippen LogP contribution in [0.3, 0.4) is 0 Å². The van der Waals surface area contributed by atoms with Gasteiger partial charge in [0.25, 0.3) is 11.5 Å². The minimum absolute atomic E-state index is 0.125. The maximum atomic E-state index is 13.0. The molecule has 5 heteroatoms. The molecular formula is C21H27N3O2. The fourth-order valence-electron chi connectivity index (χ4n) is 5.05. The molecule has 1 N–H and O–H groups in total. The lowest BCUT2D eigenvalue weighted by atomic mass is 9.84. The van der Waals surface area contributed by atoms with Crippen molar-refractivity contribution in [1.82, 2.24) is 15.1 Å². The molecule has 0 aliphatic heterocycles. The summed E-state index contributed by atoms with van der Waals surface area (Å²) in [6, 6.07) is 7.42. The Morgan fingerprint density at radius 1 is 1.27 bits per heavy atom. The normalized spacial score (nSPS) is 25.5. The van der Waals surface area contributed by atoms with Crippen molar-refractivity contribution in [3.05, 3.63) is 40.3 Å². The second kappa shape index (κ2) is 6.86. The van der Waals surface area contributed by atoms with Crippen molar-refractivity contribution >= 4 is 16.7 Å². The summed E-state index contributed by atoms with van der Waals surface area (Å²) in [6.07, 6.45) is 6.02. The number of amides is 1. The van der Waals surface area contributed by atoms with Gasteiger partial charge >= 0.3 is 0 Å². The summed E-state index contributed by atoms with van der Waals surface area (Å²) in [4.78, 5) is 25.6. The van der Waals surface area contributed by atoms with Gasteiger partial charge < -0.3 is 5.32 Å². The summed E-state index contributed by atoms with van der Waals surface area (Å²) in [5.41, 5.74) is 0.240. The zero-order valence-electron chi connectivity index (χ0n) is 15.6. The molecule has 2 fully saturated rings. The van der Waals surface area contributed by atoms with Crippen molar-refractivity contribution < 1.29 is 4.79 Å². The van der Waals surface area contributed by atoms with Crippen LogP contribution in [0.5, 0.6) is 0 Å². The molecule has 0 saturated heterocycles. The summed E-state index contributed by atoms with van der Waals surface area (Å²) in [6.45, 7) is 4.64. The lowest BCUT2D eigenvalue weighted by molar-refractivity contribution is 0.0909. The quantitative estimate of drug-likeness (QED) is 0.896. The number of nitrogens with one attached hydrogen (secondary N) is 1. The van der Waals surface area contributed by atoms with Crippen molar-refractivity contribution in [2.75, 3.05) is 0 Å². The lowest BCUT2D eigenvalue weighted by Crippen LogP contribution is -2.41. The van der Waals surface area contributed by atoms with Crippen LogP contribution in [0, 0.1) is 17.8 Å². The maximum Gasteiger partial charge on any atom is 0.274 e. The molecule has 2 aliphatic carbocycles. The number of hydrogen-bond donors (Lipinski definition) is 1.